The fourth-order valence-electron chi connectivity index (χ4n) is 2.82. The number of rotatable bonds is 5. The molecule has 1 atom stereocenters. The second kappa shape index (κ2) is 7.29. The number of nitro groups is 1. The maximum Gasteiger partial charge on any atom is 0.269 e. The van der Waals surface area contributed by atoms with E-state index in [2.05, 4.69) is 43.1 Å². The molecule has 134 valence electrons. The van der Waals surface area contributed by atoms with Gasteiger partial charge in [-0.3, -0.25) is 10.1 Å². The summed E-state index contributed by atoms with van der Waals surface area (Å²) in [5, 5.41) is 19.0. The van der Waals surface area contributed by atoms with Gasteiger partial charge in [-0.25, -0.2) is 0 Å². The van der Waals surface area contributed by atoms with E-state index in [4.69, 9.17) is 4.42 Å². The summed E-state index contributed by atoms with van der Waals surface area (Å²) >= 11 is 1.69. The number of nitro benzene ring substituents is 1. The van der Waals surface area contributed by atoms with Crippen LogP contribution in [-0.4, -0.2) is 15.1 Å². The van der Waals surface area contributed by atoms with Crippen LogP contribution in [0, 0.1) is 30.9 Å². The third-order valence-corrected chi connectivity index (χ3v) is 5.45. The molecular formula is C19H19N3O3S. The maximum atomic E-state index is 10.7. The molecule has 0 radical (unpaired) electrons. The first kappa shape index (κ1) is 18.1. The molecule has 0 aliphatic carbocycles. The Labute approximate surface area is 155 Å². The highest BCUT2D eigenvalue weighted by atomic mass is 32.2. The van der Waals surface area contributed by atoms with Crippen molar-refractivity contribution in [2.45, 2.75) is 37.8 Å². The third-order valence-electron chi connectivity index (χ3n) is 4.01. The molecule has 6 nitrogen and oxygen atoms in total. The quantitative estimate of drug-likeness (QED) is 0.339. The molecule has 26 heavy (non-hydrogen) atoms. The Morgan fingerprint density at radius 1 is 1.08 bits per heavy atom. The molecule has 0 bridgehead atoms. The van der Waals surface area contributed by atoms with Gasteiger partial charge in [0.25, 0.3) is 5.69 Å². The predicted molar refractivity (Wildman–Crippen MR) is 101 cm³/mol. The number of thioether (sulfide) groups is 1. The lowest BCUT2D eigenvalue weighted by molar-refractivity contribution is -0.384. The summed E-state index contributed by atoms with van der Waals surface area (Å²) in [7, 11) is 0. The van der Waals surface area contributed by atoms with Gasteiger partial charge in [-0.15, -0.1) is 22.0 Å². The third kappa shape index (κ3) is 3.77. The van der Waals surface area contributed by atoms with Crippen molar-refractivity contribution < 1.29 is 9.34 Å². The molecule has 7 heteroatoms. The van der Waals surface area contributed by atoms with Gasteiger partial charge in [-0.2, -0.15) is 0 Å². The minimum atomic E-state index is -0.437. The summed E-state index contributed by atoms with van der Waals surface area (Å²) in [6.07, 6.45) is 0. The monoisotopic (exact) mass is 369 g/mol. The molecule has 2 aromatic carbocycles. The van der Waals surface area contributed by atoms with Crippen molar-refractivity contribution in [1.82, 2.24) is 10.2 Å². The second-order valence-corrected chi connectivity index (χ2v) is 7.59. The zero-order valence-corrected chi connectivity index (χ0v) is 15.8. The summed E-state index contributed by atoms with van der Waals surface area (Å²) in [6.45, 7) is 8.32. The maximum absolute atomic E-state index is 10.7. The smallest absolute Gasteiger partial charge is 0.269 e. The van der Waals surface area contributed by atoms with Gasteiger partial charge < -0.3 is 4.42 Å². The van der Waals surface area contributed by atoms with Gasteiger partial charge in [-0.05, 0) is 51.0 Å². The fraction of sp³-hybridized carbons (Fsp3) is 0.263. The van der Waals surface area contributed by atoms with Crippen molar-refractivity contribution in [2.75, 3.05) is 0 Å². The molecule has 0 aliphatic heterocycles. The van der Waals surface area contributed by atoms with Crippen molar-refractivity contribution in [3.8, 4) is 11.5 Å². The first-order chi connectivity index (χ1) is 12.3. The SMILES string of the molecule is Cc1cc(C)c(S[C@H](C)c2nnc(-c3ccc([N+](=O)[O-])cc3)o2)c(C)c1. The number of non-ortho nitro benzene ring substituents is 1. The van der Waals surface area contributed by atoms with Crippen LogP contribution in [0.2, 0.25) is 0 Å². The van der Waals surface area contributed by atoms with Crippen LogP contribution in [0.1, 0.15) is 34.8 Å². The summed E-state index contributed by atoms with van der Waals surface area (Å²) in [5.41, 5.74) is 4.40. The van der Waals surface area contributed by atoms with Crippen LogP contribution < -0.4 is 0 Å². The van der Waals surface area contributed by atoms with E-state index in [9.17, 15) is 10.1 Å². The summed E-state index contributed by atoms with van der Waals surface area (Å²) in [6, 6.07) is 10.4. The molecule has 1 heterocycles. The van der Waals surface area contributed by atoms with E-state index in [1.807, 2.05) is 6.92 Å². The van der Waals surface area contributed by atoms with Gasteiger partial charge in [0.15, 0.2) is 0 Å². The highest BCUT2D eigenvalue weighted by Gasteiger charge is 2.18. The molecule has 3 aromatic rings. The Morgan fingerprint density at radius 2 is 1.69 bits per heavy atom. The van der Waals surface area contributed by atoms with Gasteiger partial charge in [0.2, 0.25) is 11.8 Å². The molecule has 1 aromatic heterocycles. The van der Waals surface area contributed by atoms with E-state index >= 15 is 0 Å². The molecule has 0 amide bonds. The Morgan fingerprint density at radius 3 is 2.27 bits per heavy atom. The summed E-state index contributed by atoms with van der Waals surface area (Å²) in [4.78, 5) is 11.5. The van der Waals surface area contributed by atoms with Crippen molar-refractivity contribution in [3.05, 3.63) is 69.1 Å². The van der Waals surface area contributed by atoms with Crippen molar-refractivity contribution in [2.24, 2.45) is 0 Å². The highest BCUT2D eigenvalue weighted by Crippen LogP contribution is 2.38. The number of nitrogens with zero attached hydrogens (tertiary/aromatic N) is 3. The normalized spacial score (nSPS) is 12.2. The number of aromatic nitrogens is 2. The van der Waals surface area contributed by atoms with Gasteiger partial charge >= 0.3 is 0 Å². The van der Waals surface area contributed by atoms with Crippen LogP contribution in [0.15, 0.2) is 45.7 Å². The van der Waals surface area contributed by atoms with Gasteiger partial charge in [0, 0.05) is 22.6 Å². The van der Waals surface area contributed by atoms with Gasteiger partial charge in [-0.1, -0.05) is 17.7 Å². The van der Waals surface area contributed by atoms with E-state index in [0.717, 1.165) is 0 Å². The summed E-state index contributed by atoms with van der Waals surface area (Å²) < 4.78 is 5.79. The second-order valence-electron chi connectivity index (χ2n) is 6.24. The average molecular weight is 369 g/mol. The van der Waals surface area contributed by atoms with Crippen LogP contribution in [-0.2, 0) is 0 Å². The standard InChI is InChI=1S/C19H19N3O3S/c1-11-9-12(2)17(13(3)10-11)26-14(4)18-20-21-19(25-18)15-5-7-16(8-6-15)22(23)24/h5-10,14H,1-4H3/t14-/m1/s1. The lowest BCUT2D eigenvalue weighted by Gasteiger charge is -2.13. The molecule has 0 saturated carbocycles. The van der Waals surface area contributed by atoms with Crippen LogP contribution in [0.4, 0.5) is 5.69 Å². The average Bonchev–Trinajstić information content (AvgIpc) is 3.08. The molecule has 0 aliphatic rings. The molecule has 0 unspecified atom stereocenters. The Kier molecular flexibility index (Phi) is 5.08. The number of hydrogen-bond acceptors (Lipinski definition) is 6. The predicted octanol–water partition coefficient (Wildman–Crippen LogP) is 5.42. The Balaban J connectivity index is 1.80. The van der Waals surface area contributed by atoms with Gasteiger partial charge in [0.1, 0.15) is 0 Å². The fourth-order valence-corrected chi connectivity index (χ4v) is 3.86. The van der Waals surface area contributed by atoms with Crippen molar-refractivity contribution in [3.63, 3.8) is 0 Å². The van der Waals surface area contributed by atoms with E-state index < -0.39 is 4.92 Å². The lowest BCUT2D eigenvalue weighted by atomic mass is 10.1. The van der Waals surface area contributed by atoms with E-state index in [-0.39, 0.29) is 10.9 Å². The van der Waals surface area contributed by atoms with Crippen LogP contribution in [0.25, 0.3) is 11.5 Å². The van der Waals surface area contributed by atoms with Gasteiger partial charge in [0.05, 0.1) is 10.2 Å². The number of benzene rings is 2. The molecule has 0 fully saturated rings. The van der Waals surface area contributed by atoms with E-state index in [0.29, 0.717) is 17.3 Å². The molecule has 3 rings (SSSR count). The van der Waals surface area contributed by atoms with Crippen molar-refractivity contribution >= 4 is 17.4 Å². The molecule has 0 N–H and O–H groups in total. The van der Waals surface area contributed by atoms with Crippen molar-refractivity contribution in [1.29, 1.82) is 0 Å². The first-order valence-electron chi connectivity index (χ1n) is 8.18. The topological polar surface area (TPSA) is 82.1 Å². The largest absolute Gasteiger partial charge is 0.419 e. The zero-order chi connectivity index (χ0) is 18.8. The number of aryl methyl sites for hydroxylation is 3. The summed E-state index contributed by atoms with van der Waals surface area (Å²) in [5.74, 6) is 0.891. The van der Waals surface area contributed by atoms with Crippen LogP contribution in [0.3, 0.4) is 0 Å². The van der Waals surface area contributed by atoms with Crippen LogP contribution in [0.5, 0.6) is 0 Å². The minimum Gasteiger partial charge on any atom is -0.419 e. The molecule has 0 spiro atoms. The van der Waals surface area contributed by atoms with E-state index in [1.54, 1.807) is 23.9 Å². The Bertz CT molecular complexity index is 928. The highest BCUT2D eigenvalue weighted by molar-refractivity contribution is 7.99. The lowest BCUT2D eigenvalue weighted by Crippen LogP contribution is -1.93. The van der Waals surface area contributed by atoms with E-state index in [1.165, 1.54) is 33.7 Å². The minimum absolute atomic E-state index is 0.00518. The Hall–Kier alpha value is -2.67. The number of hydrogen-bond donors (Lipinski definition) is 0. The van der Waals surface area contributed by atoms with Crippen LogP contribution >= 0.6 is 11.8 Å². The molecular weight excluding hydrogens is 350 g/mol. The molecule has 0 saturated heterocycles. The first-order valence-corrected chi connectivity index (χ1v) is 9.06. The zero-order valence-electron chi connectivity index (χ0n) is 15.0.